The van der Waals surface area contributed by atoms with Crippen molar-refractivity contribution in [1.82, 2.24) is 20.5 Å². The Balaban J connectivity index is 1.66. The van der Waals surface area contributed by atoms with Crippen molar-refractivity contribution in [2.45, 2.75) is 26.2 Å². The zero-order valence-electron chi connectivity index (χ0n) is 13.4. The number of rotatable bonds is 5. The van der Waals surface area contributed by atoms with E-state index in [4.69, 9.17) is 0 Å². The molecule has 2 heterocycles. The van der Waals surface area contributed by atoms with Gasteiger partial charge in [0, 0.05) is 44.2 Å². The van der Waals surface area contributed by atoms with Crippen molar-refractivity contribution in [3.63, 3.8) is 0 Å². The van der Waals surface area contributed by atoms with E-state index in [-0.39, 0.29) is 0 Å². The van der Waals surface area contributed by atoms with Crippen LogP contribution in [0.3, 0.4) is 0 Å². The van der Waals surface area contributed by atoms with Gasteiger partial charge in [0.1, 0.15) is 0 Å². The third-order valence-electron chi connectivity index (χ3n) is 3.80. The molecule has 1 aromatic heterocycles. The molecule has 0 saturated carbocycles. The van der Waals surface area contributed by atoms with Crippen LogP contribution in [0, 0.1) is 12.8 Å². The van der Waals surface area contributed by atoms with E-state index in [2.05, 4.69) is 39.5 Å². The van der Waals surface area contributed by atoms with Crippen molar-refractivity contribution in [1.29, 1.82) is 0 Å². The van der Waals surface area contributed by atoms with Crippen LogP contribution in [0.1, 0.15) is 22.7 Å². The fourth-order valence-electron chi connectivity index (χ4n) is 2.71. The Morgan fingerprint density at radius 3 is 3.05 bits per heavy atom. The van der Waals surface area contributed by atoms with Gasteiger partial charge in [0.25, 0.3) is 0 Å². The van der Waals surface area contributed by atoms with Crippen LogP contribution < -0.4 is 10.6 Å². The second-order valence-corrected chi connectivity index (χ2v) is 7.08. The fourth-order valence-corrected chi connectivity index (χ4v) is 3.49. The molecule has 6 heteroatoms. The molecule has 21 heavy (non-hydrogen) atoms. The average Bonchev–Trinajstić information content (AvgIpc) is 2.88. The van der Waals surface area contributed by atoms with Gasteiger partial charge in [-0.1, -0.05) is 0 Å². The summed E-state index contributed by atoms with van der Waals surface area (Å²) in [4.78, 5) is 12.4. The van der Waals surface area contributed by atoms with Gasteiger partial charge in [0.2, 0.25) is 0 Å². The molecular formula is C15H27N5S. The molecule has 2 N–H and O–H groups in total. The second kappa shape index (κ2) is 8.34. The van der Waals surface area contributed by atoms with Crippen LogP contribution in [0.15, 0.2) is 11.2 Å². The van der Waals surface area contributed by atoms with Crippen molar-refractivity contribution in [3.8, 4) is 0 Å². The lowest BCUT2D eigenvalue weighted by Crippen LogP contribution is -2.44. The standard InChI is InChI=1S/C15H27N5S/c1-12-9-18-14(21-12)6-7-17-15(16-2)19-10-13-5-4-8-20(3)11-13/h9,13H,4-8,10-11H2,1-3H3,(H2,16,17,19). The first-order chi connectivity index (χ1) is 10.2. The Morgan fingerprint density at radius 1 is 1.52 bits per heavy atom. The summed E-state index contributed by atoms with van der Waals surface area (Å²) in [6.07, 6.45) is 5.50. The third-order valence-corrected chi connectivity index (χ3v) is 4.78. The van der Waals surface area contributed by atoms with Gasteiger partial charge < -0.3 is 15.5 Å². The monoisotopic (exact) mass is 309 g/mol. The maximum Gasteiger partial charge on any atom is 0.191 e. The number of likely N-dealkylation sites (tertiary alicyclic amines) is 1. The van der Waals surface area contributed by atoms with Crippen LogP contribution in [0.25, 0.3) is 0 Å². The van der Waals surface area contributed by atoms with Gasteiger partial charge in [-0.05, 0) is 39.3 Å². The van der Waals surface area contributed by atoms with Gasteiger partial charge in [-0.2, -0.15) is 0 Å². The van der Waals surface area contributed by atoms with E-state index in [9.17, 15) is 0 Å². The van der Waals surface area contributed by atoms with Gasteiger partial charge in [-0.15, -0.1) is 11.3 Å². The smallest absolute Gasteiger partial charge is 0.191 e. The van der Waals surface area contributed by atoms with Crippen molar-refractivity contribution in [3.05, 3.63) is 16.1 Å². The molecule has 0 amide bonds. The molecule has 1 aromatic rings. The average molecular weight is 309 g/mol. The molecular weight excluding hydrogens is 282 g/mol. The molecule has 1 unspecified atom stereocenters. The number of aryl methyl sites for hydroxylation is 1. The number of hydrogen-bond donors (Lipinski definition) is 2. The molecule has 0 radical (unpaired) electrons. The minimum absolute atomic E-state index is 0.726. The van der Waals surface area contributed by atoms with E-state index in [1.165, 1.54) is 35.8 Å². The lowest BCUT2D eigenvalue weighted by molar-refractivity contribution is 0.210. The minimum atomic E-state index is 0.726. The molecule has 2 rings (SSSR count). The van der Waals surface area contributed by atoms with Crippen LogP contribution in [-0.2, 0) is 6.42 Å². The first-order valence-corrected chi connectivity index (χ1v) is 8.53. The summed E-state index contributed by atoms with van der Waals surface area (Å²) in [5.41, 5.74) is 0. The number of thiazole rings is 1. The van der Waals surface area contributed by atoms with Crippen molar-refractivity contribution in [2.75, 3.05) is 40.3 Å². The number of nitrogens with zero attached hydrogens (tertiary/aromatic N) is 3. The number of aliphatic imine (C=N–C) groups is 1. The van der Waals surface area contributed by atoms with Crippen molar-refractivity contribution >= 4 is 17.3 Å². The van der Waals surface area contributed by atoms with Crippen LogP contribution in [0.5, 0.6) is 0 Å². The highest BCUT2D eigenvalue weighted by Gasteiger charge is 2.17. The highest BCUT2D eigenvalue weighted by atomic mass is 32.1. The summed E-state index contributed by atoms with van der Waals surface area (Å²) in [5, 5.41) is 8.00. The molecule has 1 aliphatic rings. The van der Waals surface area contributed by atoms with E-state index < -0.39 is 0 Å². The normalized spacial score (nSPS) is 20.5. The summed E-state index contributed by atoms with van der Waals surface area (Å²) in [5.74, 6) is 1.63. The predicted molar refractivity (Wildman–Crippen MR) is 90.1 cm³/mol. The van der Waals surface area contributed by atoms with Gasteiger partial charge in [-0.3, -0.25) is 4.99 Å². The predicted octanol–water partition coefficient (Wildman–Crippen LogP) is 1.50. The van der Waals surface area contributed by atoms with E-state index in [0.29, 0.717) is 0 Å². The van der Waals surface area contributed by atoms with E-state index in [0.717, 1.165) is 31.4 Å². The Labute approximate surface area is 131 Å². The molecule has 0 aliphatic carbocycles. The zero-order valence-corrected chi connectivity index (χ0v) is 14.2. The van der Waals surface area contributed by atoms with E-state index in [1.54, 1.807) is 11.3 Å². The number of piperidine rings is 1. The molecule has 5 nitrogen and oxygen atoms in total. The zero-order chi connectivity index (χ0) is 15.1. The van der Waals surface area contributed by atoms with Crippen LogP contribution in [0.2, 0.25) is 0 Å². The highest BCUT2D eigenvalue weighted by Crippen LogP contribution is 2.13. The maximum absolute atomic E-state index is 4.38. The molecule has 1 atom stereocenters. The topological polar surface area (TPSA) is 52.6 Å². The molecule has 0 bridgehead atoms. The van der Waals surface area contributed by atoms with Gasteiger partial charge in [0.15, 0.2) is 5.96 Å². The molecule has 118 valence electrons. The lowest BCUT2D eigenvalue weighted by Gasteiger charge is -2.30. The largest absolute Gasteiger partial charge is 0.356 e. The first-order valence-electron chi connectivity index (χ1n) is 7.71. The van der Waals surface area contributed by atoms with Crippen molar-refractivity contribution in [2.24, 2.45) is 10.9 Å². The molecule has 1 aliphatic heterocycles. The summed E-state index contributed by atoms with van der Waals surface area (Å²) >= 11 is 1.77. The molecule has 1 fully saturated rings. The minimum Gasteiger partial charge on any atom is -0.356 e. The van der Waals surface area contributed by atoms with Gasteiger partial charge in [0.05, 0.1) is 5.01 Å². The van der Waals surface area contributed by atoms with Crippen molar-refractivity contribution < 1.29 is 0 Å². The SMILES string of the molecule is CN=C(NCCc1ncc(C)s1)NCC1CCCN(C)C1. The summed E-state index contributed by atoms with van der Waals surface area (Å²) < 4.78 is 0. The first kappa shape index (κ1) is 16.2. The van der Waals surface area contributed by atoms with E-state index >= 15 is 0 Å². The number of aromatic nitrogens is 1. The Kier molecular flexibility index (Phi) is 6.45. The second-order valence-electron chi connectivity index (χ2n) is 5.77. The summed E-state index contributed by atoms with van der Waals surface area (Å²) in [6, 6.07) is 0. The summed E-state index contributed by atoms with van der Waals surface area (Å²) in [6.45, 7) is 6.38. The summed E-state index contributed by atoms with van der Waals surface area (Å²) in [7, 11) is 4.03. The fraction of sp³-hybridized carbons (Fsp3) is 0.733. The van der Waals surface area contributed by atoms with Gasteiger partial charge >= 0.3 is 0 Å². The third kappa shape index (κ3) is 5.63. The van der Waals surface area contributed by atoms with Crippen LogP contribution in [0.4, 0.5) is 0 Å². The molecule has 0 spiro atoms. The number of nitrogens with one attached hydrogen (secondary N) is 2. The number of guanidine groups is 1. The lowest BCUT2D eigenvalue weighted by atomic mass is 9.99. The Morgan fingerprint density at radius 2 is 2.38 bits per heavy atom. The molecule has 0 aromatic carbocycles. The van der Waals surface area contributed by atoms with Crippen LogP contribution >= 0.6 is 11.3 Å². The Hall–Kier alpha value is -1.14. The van der Waals surface area contributed by atoms with E-state index in [1.807, 2.05) is 13.2 Å². The highest BCUT2D eigenvalue weighted by molar-refractivity contribution is 7.11. The Bertz CT molecular complexity index is 457. The van der Waals surface area contributed by atoms with Crippen LogP contribution in [-0.4, -0.2) is 56.1 Å². The number of hydrogen-bond acceptors (Lipinski definition) is 4. The maximum atomic E-state index is 4.38. The van der Waals surface area contributed by atoms with Gasteiger partial charge in [-0.25, -0.2) is 4.98 Å². The molecule has 1 saturated heterocycles. The quantitative estimate of drug-likeness (QED) is 0.639.